The monoisotopic (exact) mass is 273 g/mol. The van der Waals surface area contributed by atoms with Gasteiger partial charge in [-0.1, -0.05) is 32.5 Å². The summed E-state index contributed by atoms with van der Waals surface area (Å²) in [6.45, 7) is 11.2. The van der Waals surface area contributed by atoms with E-state index in [4.69, 9.17) is 0 Å². The zero-order chi connectivity index (χ0) is 12.0. The fourth-order valence-electron chi connectivity index (χ4n) is 2.16. The van der Waals surface area contributed by atoms with Crippen LogP contribution >= 0.6 is 23.5 Å². The molecule has 1 rings (SSSR count). The Hall–Kier alpha value is 0.657. The maximum absolute atomic E-state index is 3.86. The molecule has 0 spiro atoms. The molecule has 3 heteroatoms. The van der Waals surface area contributed by atoms with Crippen LogP contribution in [-0.4, -0.2) is 24.0 Å². The van der Waals surface area contributed by atoms with Gasteiger partial charge in [0.2, 0.25) is 0 Å². The van der Waals surface area contributed by atoms with E-state index in [1.807, 2.05) is 0 Å². The van der Waals surface area contributed by atoms with Gasteiger partial charge < -0.3 is 0 Å². The van der Waals surface area contributed by atoms with Crippen LogP contribution in [0.15, 0.2) is 12.7 Å². The summed E-state index contributed by atoms with van der Waals surface area (Å²) in [6.07, 6.45) is 6.12. The fourth-order valence-corrected chi connectivity index (χ4v) is 10.3. The molecule has 93 valence electrons. The fraction of sp³-hybridized carbons (Fsp3) is 0.846. The Kier molecular flexibility index (Phi) is 6.60. The summed E-state index contributed by atoms with van der Waals surface area (Å²) in [5.41, 5.74) is 0. The van der Waals surface area contributed by atoms with Crippen molar-refractivity contribution < 1.29 is 0 Å². The van der Waals surface area contributed by atoms with E-state index in [1.54, 1.807) is 0 Å². The number of allylic oxidation sites excluding steroid dienone is 1. The van der Waals surface area contributed by atoms with Crippen LogP contribution in [-0.2, 0) is 0 Å². The predicted octanol–water partition coefficient (Wildman–Crippen LogP) is 4.84. The predicted molar refractivity (Wildman–Crippen MR) is 83.0 cm³/mol. The lowest BCUT2D eigenvalue weighted by atomic mass is 10.2. The second kappa shape index (κ2) is 7.17. The molecule has 0 aliphatic carbocycles. The van der Waals surface area contributed by atoms with E-state index in [0.29, 0.717) is 3.70 Å². The van der Waals surface area contributed by atoms with Gasteiger partial charge in [-0.05, 0) is 36.7 Å². The van der Waals surface area contributed by atoms with E-state index in [-0.39, 0.29) is 8.80 Å². The van der Waals surface area contributed by atoms with Crippen molar-refractivity contribution in [3.05, 3.63) is 12.7 Å². The minimum Gasteiger partial charge on any atom is -0.148 e. The van der Waals surface area contributed by atoms with Gasteiger partial charge in [0.15, 0.2) is 0 Å². The third-order valence-electron chi connectivity index (χ3n) is 3.01. The smallest absolute Gasteiger partial charge is 0.0782 e. The van der Waals surface area contributed by atoms with E-state index in [9.17, 15) is 0 Å². The summed E-state index contributed by atoms with van der Waals surface area (Å²) in [4.78, 5) is 0. The Morgan fingerprint density at radius 1 is 1.38 bits per heavy atom. The molecule has 0 unspecified atom stereocenters. The molecule has 1 heterocycles. The molecular formula is C13H25S2Si. The number of rotatable bonds is 6. The summed E-state index contributed by atoms with van der Waals surface area (Å²) < 4.78 is 0.597. The van der Waals surface area contributed by atoms with Crippen LogP contribution < -0.4 is 0 Å². The van der Waals surface area contributed by atoms with Crippen LogP contribution in [0.25, 0.3) is 0 Å². The van der Waals surface area contributed by atoms with Crippen molar-refractivity contribution in [2.24, 2.45) is 5.92 Å². The van der Waals surface area contributed by atoms with Crippen molar-refractivity contribution in [3.63, 3.8) is 0 Å². The summed E-state index contributed by atoms with van der Waals surface area (Å²) in [5, 5.41) is 0. The molecule has 0 aromatic heterocycles. The Balaban J connectivity index is 2.63. The van der Waals surface area contributed by atoms with Crippen LogP contribution in [0.2, 0.25) is 12.6 Å². The second-order valence-corrected chi connectivity index (χ2v) is 11.7. The van der Waals surface area contributed by atoms with Crippen LogP contribution in [0.1, 0.15) is 33.1 Å². The Bertz CT molecular complexity index is 210. The van der Waals surface area contributed by atoms with Gasteiger partial charge in [0.05, 0.1) is 12.5 Å². The zero-order valence-electron chi connectivity index (χ0n) is 10.9. The molecule has 1 radical (unpaired) electrons. The third kappa shape index (κ3) is 4.15. The summed E-state index contributed by atoms with van der Waals surface area (Å²) in [6, 6.07) is 1.40. The minimum atomic E-state index is -0.253. The first-order chi connectivity index (χ1) is 7.60. The molecule has 1 aliphatic heterocycles. The highest BCUT2D eigenvalue weighted by molar-refractivity contribution is 8.21. The molecule has 0 aromatic carbocycles. The van der Waals surface area contributed by atoms with Crippen LogP contribution in [0, 0.1) is 5.92 Å². The number of hydrogen-bond donors (Lipinski definition) is 0. The van der Waals surface area contributed by atoms with Crippen LogP contribution in [0.3, 0.4) is 0 Å². The standard InChI is InChI=1S/C13H25S2Si/c1-5-6-10-16(4)13(11-12(2)3)14-8-7-9-15-13/h5,12H,1,6-11H2,2-4H3. The SMILES string of the molecule is C=CCC[Si](C)C1(CC(C)C)SCCCS1. The topological polar surface area (TPSA) is 0 Å². The van der Waals surface area contributed by atoms with Crippen molar-refractivity contribution >= 4 is 32.3 Å². The van der Waals surface area contributed by atoms with E-state index < -0.39 is 0 Å². The maximum atomic E-state index is 3.86. The molecule has 1 aliphatic rings. The van der Waals surface area contributed by atoms with Crippen molar-refractivity contribution in [3.8, 4) is 0 Å². The van der Waals surface area contributed by atoms with E-state index in [2.05, 4.69) is 56.6 Å². The van der Waals surface area contributed by atoms with Crippen LogP contribution in [0.4, 0.5) is 0 Å². The zero-order valence-corrected chi connectivity index (χ0v) is 13.6. The lowest BCUT2D eigenvalue weighted by molar-refractivity contribution is 0.596. The van der Waals surface area contributed by atoms with Gasteiger partial charge in [0.25, 0.3) is 0 Å². The molecule has 16 heavy (non-hydrogen) atoms. The normalized spacial score (nSPS) is 20.3. The van der Waals surface area contributed by atoms with Gasteiger partial charge in [0, 0.05) is 0 Å². The molecule has 0 nitrogen and oxygen atoms in total. The number of thioether (sulfide) groups is 2. The van der Waals surface area contributed by atoms with Gasteiger partial charge in [-0.15, -0.1) is 30.1 Å². The van der Waals surface area contributed by atoms with Crippen molar-refractivity contribution in [2.75, 3.05) is 11.5 Å². The summed E-state index contributed by atoms with van der Waals surface area (Å²) >= 11 is 4.54. The van der Waals surface area contributed by atoms with E-state index in [1.165, 1.54) is 36.8 Å². The first kappa shape index (κ1) is 14.7. The van der Waals surface area contributed by atoms with Gasteiger partial charge in [-0.25, -0.2) is 0 Å². The highest BCUT2D eigenvalue weighted by atomic mass is 32.2. The highest BCUT2D eigenvalue weighted by Gasteiger charge is 2.39. The molecule has 0 saturated carbocycles. The van der Waals surface area contributed by atoms with Crippen molar-refractivity contribution in [1.29, 1.82) is 0 Å². The average Bonchev–Trinajstić information content (AvgIpc) is 2.26. The highest BCUT2D eigenvalue weighted by Crippen LogP contribution is 2.49. The molecule has 0 N–H and O–H groups in total. The van der Waals surface area contributed by atoms with Gasteiger partial charge >= 0.3 is 0 Å². The molecule has 0 amide bonds. The largest absolute Gasteiger partial charge is 0.148 e. The molecular weight excluding hydrogens is 248 g/mol. The van der Waals surface area contributed by atoms with Crippen LogP contribution in [0.5, 0.6) is 0 Å². The van der Waals surface area contributed by atoms with Crippen molar-refractivity contribution in [1.82, 2.24) is 0 Å². The first-order valence-electron chi connectivity index (χ1n) is 6.32. The maximum Gasteiger partial charge on any atom is 0.0782 e. The molecule has 1 saturated heterocycles. The third-order valence-corrected chi connectivity index (χ3v) is 11.5. The quantitative estimate of drug-likeness (QED) is 0.502. The summed E-state index contributed by atoms with van der Waals surface area (Å²) in [5.74, 6) is 3.60. The van der Waals surface area contributed by atoms with E-state index >= 15 is 0 Å². The average molecular weight is 274 g/mol. The van der Waals surface area contributed by atoms with Gasteiger partial charge in [-0.2, -0.15) is 0 Å². The molecule has 0 aromatic rings. The molecule has 1 fully saturated rings. The summed E-state index contributed by atoms with van der Waals surface area (Å²) in [7, 11) is -0.253. The number of hydrogen-bond acceptors (Lipinski definition) is 2. The lowest BCUT2D eigenvalue weighted by Gasteiger charge is -2.41. The Morgan fingerprint density at radius 2 is 2.00 bits per heavy atom. The first-order valence-corrected chi connectivity index (χ1v) is 10.5. The minimum absolute atomic E-state index is 0.253. The van der Waals surface area contributed by atoms with E-state index in [0.717, 1.165) is 5.92 Å². The molecule has 0 bridgehead atoms. The Labute approximate surface area is 112 Å². The molecule has 0 atom stereocenters. The lowest BCUT2D eigenvalue weighted by Crippen LogP contribution is -2.41. The Morgan fingerprint density at radius 3 is 2.50 bits per heavy atom. The van der Waals surface area contributed by atoms with Gasteiger partial charge in [0.1, 0.15) is 0 Å². The second-order valence-electron chi connectivity index (χ2n) is 5.01. The van der Waals surface area contributed by atoms with Gasteiger partial charge in [-0.3, -0.25) is 0 Å². The van der Waals surface area contributed by atoms with Crippen molar-refractivity contribution in [2.45, 2.75) is 49.4 Å².